The molecule has 38 valence electrons. The van der Waals surface area contributed by atoms with Crippen LogP contribution in [-0.4, -0.2) is 9.97 Å². The minimum Gasteiger partial charge on any atom is -0.348 e. The standard InChI is InChI=1S/C4H6N2S/c7-3-4-5-1-2-6-4/h1-2,7H,3H2,(H,5,6). The molecule has 1 aromatic heterocycles. The molecule has 7 heavy (non-hydrogen) atoms. The summed E-state index contributed by atoms with van der Waals surface area (Å²) in [6.45, 7) is 0. The van der Waals surface area contributed by atoms with E-state index < -0.39 is 0 Å². The second kappa shape index (κ2) is 2.02. The number of rotatable bonds is 1. The Morgan fingerprint density at radius 2 is 2.71 bits per heavy atom. The van der Waals surface area contributed by atoms with Crippen LogP contribution in [0.25, 0.3) is 0 Å². The summed E-state index contributed by atoms with van der Waals surface area (Å²) in [5, 5.41) is 0. The Balaban J connectivity index is 2.76. The van der Waals surface area contributed by atoms with Crippen LogP contribution in [0.15, 0.2) is 12.4 Å². The first kappa shape index (κ1) is 4.71. The van der Waals surface area contributed by atoms with E-state index in [-0.39, 0.29) is 0 Å². The molecule has 0 aliphatic rings. The van der Waals surface area contributed by atoms with Gasteiger partial charge in [-0.25, -0.2) is 4.98 Å². The van der Waals surface area contributed by atoms with Gasteiger partial charge in [0, 0.05) is 18.1 Å². The highest BCUT2D eigenvalue weighted by atomic mass is 32.1. The minimum absolute atomic E-state index is 0.688. The van der Waals surface area contributed by atoms with Gasteiger partial charge in [0.2, 0.25) is 0 Å². The lowest BCUT2D eigenvalue weighted by Crippen LogP contribution is -1.76. The second-order valence-electron chi connectivity index (χ2n) is 1.19. The zero-order chi connectivity index (χ0) is 5.11. The van der Waals surface area contributed by atoms with E-state index in [4.69, 9.17) is 0 Å². The van der Waals surface area contributed by atoms with E-state index in [1.165, 1.54) is 0 Å². The van der Waals surface area contributed by atoms with Gasteiger partial charge in [-0.05, 0) is 0 Å². The third-order valence-corrected chi connectivity index (χ3v) is 1.00. The molecule has 1 heterocycles. The summed E-state index contributed by atoms with van der Waals surface area (Å²) < 4.78 is 0. The van der Waals surface area contributed by atoms with E-state index in [9.17, 15) is 0 Å². The van der Waals surface area contributed by atoms with Crippen LogP contribution in [0, 0.1) is 0 Å². The Hall–Kier alpha value is -0.440. The first-order valence-corrected chi connectivity index (χ1v) is 2.66. The molecule has 2 nitrogen and oxygen atoms in total. The van der Waals surface area contributed by atoms with Crippen LogP contribution in [0.5, 0.6) is 0 Å². The molecule has 1 rings (SSSR count). The molecule has 0 saturated heterocycles. The number of imidazole rings is 1. The smallest absolute Gasteiger partial charge is 0.115 e. The third-order valence-electron chi connectivity index (χ3n) is 0.705. The van der Waals surface area contributed by atoms with Crippen molar-refractivity contribution in [3.05, 3.63) is 18.2 Å². The lowest BCUT2D eigenvalue weighted by Gasteiger charge is -1.79. The van der Waals surface area contributed by atoms with E-state index in [0.717, 1.165) is 5.82 Å². The number of nitrogens with one attached hydrogen (secondary N) is 1. The Labute approximate surface area is 47.4 Å². The highest BCUT2D eigenvalue weighted by Gasteiger charge is 1.83. The quantitative estimate of drug-likeness (QED) is 0.520. The van der Waals surface area contributed by atoms with Gasteiger partial charge in [-0.2, -0.15) is 12.6 Å². The van der Waals surface area contributed by atoms with Crippen LogP contribution < -0.4 is 0 Å². The Morgan fingerprint density at radius 1 is 1.86 bits per heavy atom. The fourth-order valence-corrected chi connectivity index (χ4v) is 0.557. The van der Waals surface area contributed by atoms with Crippen molar-refractivity contribution in [2.45, 2.75) is 5.75 Å². The van der Waals surface area contributed by atoms with E-state index in [0.29, 0.717) is 5.75 Å². The Morgan fingerprint density at radius 3 is 3.00 bits per heavy atom. The van der Waals surface area contributed by atoms with Crippen molar-refractivity contribution < 1.29 is 0 Å². The molecule has 0 spiro atoms. The van der Waals surface area contributed by atoms with Gasteiger partial charge in [0.05, 0.1) is 0 Å². The van der Waals surface area contributed by atoms with Crippen molar-refractivity contribution in [3.8, 4) is 0 Å². The molecule has 0 aliphatic heterocycles. The first-order valence-electron chi connectivity index (χ1n) is 2.02. The molecular weight excluding hydrogens is 108 g/mol. The maximum Gasteiger partial charge on any atom is 0.115 e. The summed E-state index contributed by atoms with van der Waals surface area (Å²) in [5.41, 5.74) is 0. The number of thiol groups is 1. The zero-order valence-corrected chi connectivity index (χ0v) is 4.65. The van der Waals surface area contributed by atoms with Crippen LogP contribution in [0.4, 0.5) is 0 Å². The SMILES string of the molecule is SCc1ncc[nH]1. The summed E-state index contributed by atoms with van der Waals surface area (Å²) in [7, 11) is 0. The fourth-order valence-electron chi connectivity index (χ4n) is 0.384. The van der Waals surface area contributed by atoms with Crippen LogP contribution in [0.3, 0.4) is 0 Å². The van der Waals surface area contributed by atoms with Crippen molar-refractivity contribution in [2.75, 3.05) is 0 Å². The number of aromatic amines is 1. The predicted molar refractivity (Wildman–Crippen MR) is 31.3 cm³/mol. The molecule has 0 amide bonds. The van der Waals surface area contributed by atoms with Gasteiger partial charge in [-0.3, -0.25) is 0 Å². The molecule has 0 aliphatic carbocycles. The van der Waals surface area contributed by atoms with Crippen molar-refractivity contribution in [2.24, 2.45) is 0 Å². The average molecular weight is 114 g/mol. The van der Waals surface area contributed by atoms with Crippen molar-refractivity contribution in [1.29, 1.82) is 0 Å². The lowest BCUT2D eigenvalue weighted by molar-refractivity contribution is 1.13. The molecular formula is C4H6N2S. The third kappa shape index (κ3) is 0.962. The average Bonchev–Trinajstić information content (AvgIpc) is 2.14. The van der Waals surface area contributed by atoms with Crippen LogP contribution >= 0.6 is 12.6 Å². The molecule has 0 bridgehead atoms. The Kier molecular flexibility index (Phi) is 1.36. The van der Waals surface area contributed by atoms with Gasteiger partial charge < -0.3 is 4.98 Å². The largest absolute Gasteiger partial charge is 0.348 e. The summed E-state index contributed by atoms with van der Waals surface area (Å²) >= 11 is 3.98. The number of hydrogen-bond acceptors (Lipinski definition) is 2. The number of hydrogen-bond donors (Lipinski definition) is 2. The normalized spacial score (nSPS) is 9.29. The van der Waals surface area contributed by atoms with E-state index in [2.05, 4.69) is 22.6 Å². The van der Waals surface area contributed by atoms with Crippen LogP contribution in [0.2, 0.25) is 0 Å². The van der Waals surface area contributed by atoms with Gasteiger partial charge in [0.25, 0.3) is 0 Å². The topological polar surface area (TPSA) is 28.7 Å². The second-order valence-corrected chi connectivity index (χ2v) is 1.51. The highest BCUT2D eigenvalue weighted by Crippen LogP contribution is 1.90. The van der Waals surface area contributed by atoms with E-state index in [1.807, 2.05) is 0 Å². The Bertz CT molecular complexity index is 124. The summed E-state index contributed by atoms with van der Waals surface area (Å²) in [5.74, 6) is 1.61. The molecule has 0 aromatic carbocycles. The van der Waals surface area contributed by atoms with Gasteiger partial charge in [-0.15, -0.1) is 0 Å². The summed E-state index contributed by atoms with van der Waals surface area (Å²) in [6, 6.07) is 0. The lowest BCUT2D eigenvalue weighted by atomic mass is 10.7. The van der Waals surface area contributed by atoms with Gasteiger partial charge >= 0.3 is 0 Å². The van der Waals surface area contributed by atoms with Crippen molar-refractivity contribution in [1.82, 2.24) is 9.97 Å². The van der Waals surface area contributed by atoms with Crippen LogP contribution in [0.1, 0.15) is 5.82 Å². The zero-order valence-electron chi connectivity index (χ0n) is 3.76. The molecule has 3 heteroatoms. The number of H-pyrrole nitrogens is 1. The summed E-state index contributed by atoms with van der Waals surface area (Å²) in [6.07, 6.45) is 3.50. The molecule has 0 saturated carbocycles. The first-order chi connectivity index (χ1) is 3.43. The number of aromatic nitrogens is 2. The van der Waals surface area contributed by atoms with E-state index in [1.54, 1.807) is 12.4 Å². The minimum atomic E-state index is 0.688. The highest BCUT2D eigenvalue weighted by molar-refractivity contribution is 7.79. The molecule has 0 atom stereocenters. The molecule has 0 radical (unpaired) electrons. The summed E-state index contributed by atoms with van der Waals surface area (Å²) in [4.78, 5) is 6.80. The van der Waals surface area contributed by atoms with E-state index >= 15 is 0 Å². The molecule has 1 aromatic rings. The fraction of sp³-hybridized carbons (Fsp3) is 0.250. The predicted octanol–water partition coefficient (Wildman–Crippen LogP) is 0.839. The number of nitrogens with zero attached hydrogens (tertiary/aromatic N) is 1. The van der Waals surface area contributed by atoms with Gasteiger partial charge in [0.1, 0.15) is 5.82 Å². The molecule has 0 fully saturated rings. The van der Waals surface area contributed by atoms with Crippen molar-refractivity contribution >= 4 is 12.6 Å². The maximum atomic E-state index is 3.98. The van der Waals surface area contributed by atoms with Gasteiger partial charge in [-0.1, -0.05) is 0 Å². The molecule has 1 N–H and O–H groups in total. The van der Waals surface area contributed by atoms with Gasteiger partial charge in [0.15, 0.2) is 0 Å². The molecule has 0 unspecified atom stereocenters. The monoisotopic (exact) mass is 114 g/mol. The van der Waals surface area contributed by atoms with Crippen LogP contribution in [-0.2, 0) is 5.75 Å². The maximum absolute atomic E-state index is 3.98. The van der Waals surface area contributed by atoms with Crippen molar-refractivity contribution in [3.63, 3.8) is 0 Å².